The first-order chi connectivity index (χ1) is 9.68. The monoisotopic (exact) mass is 285 g/mol. The predicted molar refractivity (Wildman–Crippen MR) is 91.9 cm³/mol. The lowest BCUT2D eigenvalue weighted by atomic mass is 9.72. The van der Waals surface area contributed by atoms with E-state index in [1.807, 2.05) is 0 Å². The van der Waals surface area contributed by atoms with Crippen LogP contribution in [0.4, 0.5) is 0 Å². The van der Waals surface area contributed by atoms with E-state index in [9.17, 15) is 0 Å². The quantitative estimate of drug-likeness (QED) is 0.436. The molecule has 0 spiro atoms. The molecule has 0 fully saturated rings. The summed E-state index contributed by atoms with van der Waals surface area (Å²) in [7, 11) is 0. The first kappa shape index (κ1) is 17.8. The summed E-state index contributed by atoms with van der Waals surface area (Å²) in [5.41, 5.74) is 4.78. The first-order valence-electron chi connectivity index (χ1n) is 8.14. The van der Waals surface area contributed by atoms with Crippen LogP contribution in [0.3, 0.4) is 0 Å². The van der Waals surface area contributed by atoms with E-state index in [0.29, 0.717) is 6.42 Å². The fraction of sp³-hybridized carbons (Fsp3) is 0.650. The molecule has 0 amide bonds. The van der Waals surface area contributed by atoms with Crippen LogP contribution in [0.2, 0.25) is 0 Å². The number of unbranched alkanes of at least 4 members (excludes halogenated alkanes) is 1. The Bertz CT molecular complexity index is 487. The molecule has 0 heterocycles. The maximum Gasteiger partial charge on any atom is 0.0625 e. The molecule has 0 unspecified atom stereocenters. The Labute approximate surface area is 131 Å². The summed E-state index contributed by atoms with van der Waals surface area (Å²) in [5.74, 6) is 0. The third-order valence-corrected chi connectivity index (χ3v) is 4.46. The second kappa shape index (κ2) is 7.12. The average Bonchev–Trinajstić information content (AvgIpc) is 2.34. The van der Waals surface area contributed by atoms with Crippen molar-refractivity contribution in [1.29, 1.82) is 5.26 Å². The third kappa shape index (κ3) is 5.20. The SMILES string of the molecule is CC1=C(/C=C/C(=C/CCC#N)C(C)(C)C)C(C)(C)CCC1. The molecule has 0 aromatic rings. The van der Waals surface area contributed by atoms with Gasteiger partial charge in [-0.2, -0.15) is 5.26 Å². The van der Waals surface area contributed by atoms with Crippen molar-refractivity contribution in [3.8, 4) is 6.07 Å². The van der Waals surface area contributed by atoms with E-state index in [4.69, 9.17) is 5.26 Å². The predicted octanol–water partition coefficient (Wildman–Crippen LogP) is 6.35. The molecule has 1 rings (SSSR count). The van der Waals surface area contributed by atoms with Gasteiger partial charge >= 0.3 is 0 Å². The summed E-state index contributed by atoms with van der Waals surface area (Å²) in [4.78, 5) is 0. The molecule has 21 heavy (non-hydrogen) atoms. The zero-order chi connectivity index (χ0) is 16.1. The van der Waals surface area contributed by atoms with Crippen LogP contribution in [0.25, 0.3) is 0 Å². The van der Waals surface area contributed by atoms with E-state index in [2.05, 4.69) is 65.8 Å². The molecule has 0 saturated carbocycles. The van der Waals surface area contributed by atoms with Gasteiger partial charge in [0.2, 0.25) is 0 Å². The molecule has 0 bridgehead atoms. The molecule has 0 aromatic heterocycles. The van der Waals surface area contributed by atoms with Crippen LogP contribution in [0, 0.1) is 22.2 Å². The topological polar surface area (TPSA) is 23.8 Å². The Balaban J connectivity index is 3.03. The summed E-state index contributed by atoms with van der Waals surface area (Å²) in [5, 5.41) is 8.71. The number of hydrogen-bond donors (Lipinski definition) is 0. The lowest BCUT2D eigenvalue weighted by Crippen LogP contribution is -2.19. The van der Waals surface area contributed by atoms with Crippen LogP contribution in [0.15, 0.2) is 34.9 Å². The molecule has 1 aliphatic rings. The van der Waals surface area contributed by atoms with E-state index < -0.39 is 0 Å². The van der Waals surface area contributed by atoms with Gasteiger partial charge in [0.1, 0.15) is 0 Å². The standard InChI is InChI=1S/C20H31N/c1-16-10-9-14-20(5,6)18(16)13-12-17(19(2,3)4)11-7-8-15-21/h11-13H,7-10,14H2,1-6H3/b13-12+,17-11-. The molecule has 0 atom stereocenters. The molecule has 1 heteroatoms. The summed E-state index contributed by atoms with van der Waals surface area (Å²) < 4.78 is 0. The minimum absolute atomic E-state index is 0.124. The second-order valence-electron chi connectivity index (χ2n) is 7.87. The lowest BCUT2D eigenvalue weighted by Gasteiger charge is -2.33. The number of nitriles is 1. The van der Waals surface area contributed by atoms with E-state index in [0.717, 1.165) is 6.42 Å². The third-order valence-electron chi connectivity index (χ3n) is 4.46. The normalized spacial score (nSPS) is 20.0. The van der Waals surface area contributed by atoms with Crippen LogP contribution < -0.4 is 0 Å². The number of rotatable bonds is 4. The van der Waals surface area contributed by atoms with Gasteiger partial charge < -0.3 is 0 Å². The van der Waals surface area contributed by atoms with Gasteiger partial charge in [-0.3, -0.25) is 0 Å². The second-order valence-corrected chi connectivity index (χ2v) is 7.87. The molecule has 0 radical (unpaired) electrons. The van der Waals surface area contributed by atoms with Crippen LogP contribution in [-0.2, 0) is 0 Å². The maximum absolute atomic E-state index is 8.71. The molecule has 0 saturated heterocycles. The van der Waals surface area contributed by atoms with Crippen LogP contribution in [0.5, 0.6) is 0 Å². The largest absolute Gasteiger partial charge is 0.198 e. The zero-order valence-electron chi connectivity index (χ0n) is 14.7. The van der Waals surface area contributed by atoms with Gasteiger partial charge in [0, 0.05) is 6.42 Å². The van der Waals surface area contributed by atoms with Gasteiger partial charge in [0.25, 0.3) is 0 Å². The van der Waals surface area contributed by atoms with Crippen molar-refractivity contribution in [3.05, 3.63) is 34.9 Å². The highest BCUT2D eigenvalue weighted by Crippen LogP contribution is 2.41. The number of allylic oxidation sites excluding steroid dienone is 6. The maximum atomic E-state index is 8.71. The van der Waals surface area contributed by atoms with Crippen molar-refractivity contribution in [1.82, 2.24) is 0 Å². The molecular weight excluding hydrogens is 254 g/mol. The summed E-state index contributed by atoms with van der Waals surface area (Å²) in [6.45, 7) is 13.7. The van der Waals surface area contributed by atoms with Crippen molar-refractivity contribution in [2.24, 2.45) is 10.8 Å². The lowest BCUT2D eigenvalue weighted by molar-refractivity contribution is 0.376. The van der Waals surface area contributed by atoms with Gasteiger partial charge in [-0.15, -0.1) is 0 Å². The average molecular weight is 285 g/mol. The van der Waals surface area contributed by atoms with Crippen molar-refractivity contribution < 1.29 is 0 Å². The summed E-state index contributed by atoms with van der Waals surface area (Å²) in [6, 6.07) is 2.22. The Morgan fingerprint density at radius 2 is 2.00 bits per heavy atom. The van der Waals surface area contributed by atoms with Crippen molar-refractivity contribution in [2.75, 3.05) is 0 Å². The molecule has 116 valence electrons. The van der Waals surface area contributed by atoms with E-state index >= 15 is 0 Å². The molecule has 0 N–H and O–H groups in total. The van der Waals surface area contributed by atoms with E-state index in [1.165, 1.54) is 36.0 Å². The van der Waals surface area contributed by atoms with E-state index in [1.54, 1.807) is 0 Å². The number of hydrogen-bond acceptors (Lipinski definition) is 1. The van der Waals surface area contributed by atoms with Gasteiger partial charge in [-0.25, -0.2) is 0 Å². The smallest absolute Gasteiger partial charge is 0.0625 e. The van der Waals surface area contributed by atoms with Crippen molar-refractivity contribution >= 4 is 0 Å². The Morgan fingerprint density at radius 1 is 1.33 bits per heavy atom. The number of nitrogens with zero attached hydrogens (tertiary/aromatic N) is 1. The zero-order valence-corrected chi connectivity index (χ0v) is 14.7. The highest BCUT2D eigenvalue weighted by molar-refractivity contribution is 5.37. The van der Waals surface area contributed by atoms with Crippen molar-refractivity contribution in [3.63, 3.8) is 0 Å². The van der Waals surface area contributed by atoms with Crippen LogP contribution in [0.1, 0.15) is 73.6 Å². The Morgan fingerprint density at radius 3 is 2.52 bits per heavy atom. The van der Waals surface area contributed by atoms with Crippen molar-refractivity contribution in [2.45, 2.75) is 73.6 Å². The van der Waals surface area contributed by atoms with Crippen LogP contribution >= 0.6 is 0 Å². The first-order valence-corrected chi connectivity index (χ1v) is 8.14. The molecule has 0 aromatic carbocycles. The fourth-order valence-electron chi connectivity index (χ4n) is 3.10. The highest BCUT2D eigenvalue weighted by Gasteiger charge is 2.26. The minimum Gasteiger partial charge on any atom is -0.198 e. The highest BCUT2D eigenvalue weighted by atomic mass is 14.3. The molecule has 1 aliphatic carbocycles. The molecule has 0 aliphatic heterocycles. The Hall–Kier alpha value is -1.29. The summed E-state index contributed by atoms with van der Waals surface area (Å²) in [6.07, 6.45) is 12.1. The van der Waals surface area contributed by atoms with Gasteiger partial charge in [0.05, 0.1) is 6.07 Å². The van der Waals surface area contributed by atoms with Gasteiger partial charge in [0.15, 0.2) is 0 Å². The molecular formula is C20H31N. The minimum atomic E-state index is 0.124. The van der Waals surface area contributed by atoms with Gasteiger partial charge in [-0.1, -0.05) is 58.4 Å². The summed E-state index contributed by atoms with van der Waals surface area (Å²) >= 11 is 0. The Kier molecular flexibility index (Phi) is 6.02. The fourth-order valence-corrected chi connectivity index (χ4v) is 3.10. The van der Waals surface area contributed by atoms with Gasteiger partial charge in [-0.05, 0) is 54.6 Å². The molecule has 1 nitrogen and oxygen atoms in total. The van der Waals surface area contributed by atoms with Crippen LogP contribution in [-0.4, -0.2) is 0 Å². The van der Waals surface area contributed by atoms with E-state index in [-0.39, 0.29) is 10.8 Å².